The number of hydrogen-bond acceptors (Lipinski definition) is 2. The second-order valence-electron chi connectivity index (χ2n) is 3.88. The average molecular weight is 230 g/mol. The molecule has 0 saturated carbocycles. The Labute approximate surface area is 96.6 Å². The minimum absolute atomic E-state index is 0.187. The zero-order valence-electron chi connectivity index (χ0n) is 10.1. The molecule has 2 amide bonds. The summed E-state index contributed by atoms with van der Waals surface area (Å²) in [6.45, 7) is 2.68. The number of urea groups is 1. The minimum atomic E-state index is -0.750. The van der Waals surface area contributed by atoms with Crippen LogP contribution in [0, 0.1) is 5.92 Å². The third kappa shape index (κ3) is 8.08. The van der Waals surface area contributed by atoms with E-state index in [2.05, 4.69) is 17.6 Å². The van der Waals surface area contributed by atoms with Gasteiger partial charge in [-0.05, 0) is 18.8 Å². The Hall–Kier alpha value is -1.26. The molecule has 1 atom stereocenters. The summed E-state index contributed by atoms with van der Waals surface area (Å²) in [6, 6.07) is -0.187. The van der Waals surface area contributed by atoms with Crippen molar-refractivity contribution in [3.63, 3.8) is 0 Å². The summed E-state index contributed by atoms with van der Waals surface area (Å²) in [7, 11) is 1.57. The van der Waals surface area contributed by atoms with Crippen molar-refractivity contribution >= 4 is 12.0 Å². The van der Waals surface area contributed by atoms with Crippen molar-refractivity contribution < 1.29 is 14.7 Å². The van der Waals surface area contributed by atoms with Crippen LogP contribution in [0.5, 0.6) is 0 Å². The molecule has 0 heterocycles. The molecular weight excluding hydrogens is 208 g/mol. The molecule has 0 aromatic carbocycles. The van der Waals surface area contributed by atoms with Crippen molar-refractivity contribution in [1.82, 2.24) is 10.6 Å². The second-order valence-corrected chi connectivity index (χ2v) is 3.88. The first-order chi connectivity index (χ1) is 7.60. The Morgan fingerprint density at radius 2 is 1.94 bits per heavy atom. The van der Waals surface area contributed by atoms with E-state index >= 15 is 0 Å². The molecule has 5 nitrogen and oxygen atoms in total. The first-order valence-electron chi connectivity index (χ1n) is 5.77. The maximum atomic E-state index is 10.9. The molecule has 0 aliphatic rings. The highest BCUT2D eigenvalue weighted by Gasteiger charge is 2.10. The van der Waals surface area contributed by atoms with Crippen LogP contribution < -0.4 is 10.6 Å². The van der Waals surface area contributed by atoms with Gasteiger partial charge in [0.1, 0.15) is 0 Å². The van der Waals surface area contributed by atoms with Crippen LogP contribution >= 0.6 is 0 Å². The quantitative estimate of drug-likeness (QED) is 0.592. The highest BCUT2D eigenvalue weighted by molar-refractivity contribution is 5.73. The van der Waals surface area contributed by atoms with Crippen LogP contribution in [0.1, 0.15) is 39.0 Å². The number of carbonyl (C=O) groups excluding carboxylic acids is 1. The molecule has 3 N–H and O–H groups in total. The number of carboxylic acids is 1. The minimum Gasteiger partial charge on any atom is -0.481 e. The maximum Gasteiger partial charge on any atom is 0.314 e. The average Bonchev–Trinajstić information content (AvgIpc) is 2.25. The van der Waals surface area contributed by atoms with Gasteiger partial charge < -0.3 is 15.7 Å². The summed E-state index contributed by atoms with van der Waals surface area (Å²) in [5.41, 5.74) is 0. The van der Waals surface area contributed by atoms with Crippen LogP contribution in [0.2, 0.25) is 0 Å². The molecule has 0 radical (unpaired) electrons. The Balaban J connectivity index is 3.75. The van der Waals surface area contributed by atoms with Gasteiger partial charge in [-0.15, -0.1) is 0 Å². The Bertz CT molecular complexity index is 219. The number of amides is 2. The molecule has 0 aromatic rings. The fourth-order valence-electron chi connectivity index (χ4n) is 1.65. The molecule has 0 aliphatic heterocycles. The molecule has 0 fully saturated rings. The first-order valence-corrected chi connectivity index (χ1v) is 5.77. The molecule has 94 valence electrons. The Morgan fingerprint density at radius 1 is 1.25 bits per heavy atom. The van der Waals surface area contributed by atoms with Crippen molar-refractivity contribution in [3.8, 4) is 0 Å². The van der Waals surface area contributed by atoms with E-state index in [1.165, 1.54) is 0 Å². The molecule has 0 spiro atoms. The van der Waals surface area contributed by atoms with Gasteiger partial charge in [-0.3, -0.25) is 4.79 Å². The molecule has 0 rings (SSSR count). The van der Waals surface area contributed by atoms with Crippen molar-refractivity contribution in [1.29, 1.82) is 0 Å². The fourth-order valence-corrected chi connectivity index (χ4v) is 1.65. The largest absolute Gasteiger partial charge is 0.481 e. The SMILES string of the molecule is CCCC(CCNC(=O)NC)CCC(=O)O. The van der Waals surface area contributed by atoms with Crippen LogP contribution in [0.3, 0.4) is 0 Å². The molecule has 0 aromatic heterocycles. The third-order valence-corrected chi connectivity index (χ3v) is 2.53. The van der Waals surface area contributed by atoms with Crippen molar-refractivity contribution in [2.24, 2.45) is 5.92 Å². The van der Waals surface area contributed by atoms with Crippen LogP contribution in [-0.2, 0) is 4.79 Å². The highest BCUT2D eigenvalue weighted by atomic mass is 16.4. The molecule has 0 saturated heterocycles. The van der Waals surface area contributed by atoms with E-state index in [0.29, 0.717) is 18.9 Å². The van der Waals surface area contributed by atoms with E-state index in [-0.39, 0.29) is 12.5 Å². The predicted octanol–water partition coefficient (Wildman–Crippen LogP) is 1.59. The third-order valence-electron chi connectivity index (χ3n) is 2.53. The van der Waals surface area contributed by atoms with E-state index in [4.69, 9.17) is 5.11 Å². The van der Waals surface area contributed by atoms with Crippen molar-refractivity contribution in [2.75, 3.05) is 13.6 Å². The van der Waals surface area contributed by atoms with Gasteiger partial charge in [-0.1, -0.05) is 19.8 Å². The lowest BCUT2D eigenvalue weighted by molar-refractivity contribution is -0.137. The summed E-state index contributed by atoms with van der Waals surface area (Å²) >= 11 is 0. The monoisotopic (exact) mass is 230 g/mol. The van der Waals surface area contributed by atoms with Gasteiger partial charge in [0.05, 0.1) is 0 Å². The smallest absolute Gasteiger partial charge is 0.314 e. The van der Waals surface area contributed by atoms with E-state index in [1.54, 1.807) is 7.05 Å². The summed E-state index contributed by atoms with van der Waals surface area (Å²) in [5, 5.41) is 13.8. The predicted molar refractivity (Wildman–Crippen MR) is 62.3 cm³/mol. The fraction of sp³-hybridized carbons (Fsp3) is 0.818. The molecule has 16 heavy (non-hydrogen) atoms. The Morgan fingerprint density at radius 3 is 2.44 bits per heavy atom. The summed E-state index contributed by atoms with van der Waals surface area (Å²) in [6.07, 6.45) is 3.81. The molecule has 1 unspecified atom stereocenters. The number of rotatable bonds is 8. The number of nitrogens with one attached hydrogen (secondary N) is 2. The lowest BCUT2D eigenvalue weighted by Gasteiger charge is -2.15. The van der Waals surface area contributed by atoms with Gasteiger partial charge in [0.25, 0.3) is 0 Å². The highest BCUT2D eigenvalue weighted by Crippen LogP contribution is 2.16. The standard InChI is InChI=1S/C11H22N2O3/c1-3-4-9(5-6-10(14)15)7-8-13-11(16)12-2/h9H,3-8H2,1-2H3,(H,14,15)(H2,12,13,16). The van der Waals surface area contributed by atoms with E-state index in [0.717, 1.165) is 19.3 Å². The number of carbonyl (C=O) groups is 2. The summed E-state index contributed by atoms with van der Waals surface area (Å²) in [4.78, 5) is 21.4. The summed E-state index contributed by atoms with van der Waals surface area (Å²) in [5.74, 6) is -0.362. The van der Waals surface area contributed by atoms with E-state index < -0.39 is 5.97 Å². The maximum absolute atomic E-state index is 10.9. The van der Waals surface area contributed by atoms with Gasteiger partial charge in [-0.25, -0.2) is 4.79 Å². The Kier molecular flexibility index (Phi) is 8.29. The number of carboxylic acid groups (broad SMARTS) is 1. The normalized spacial score (nSPS) is 11.9. The van der Waals surface area contributed by atoms with Crippen molar-refractivity contribution in [2.45, 2.75) is 39.0 Å². The van der Waals surface area contributed by atoms with Crippen molar-refractivity contribution in [3.05, 3.63) is 0 Å². The lowest BCUT2D eigenvalue weighted by Crippen LogP contribution is -2.34. The van der Waals surface area contributed by atoms with Gasteiger partial charge in [0.15, 0.2) is 0 Å². The molecular formula is C11H22N2O3. The van der Waals surface area contributed by atoms with Gasteiger partial charge >= 0.3 is 12.0 Å². The summed E-state index contributed by atoms with van der Waals surface area (Å²) < 4.78 is 0. The zero-order chi connectivity index (χ0) is 12.4. The lowest BCUT2D eigenvalue weighted by atomic mass is 9.94. The van der Waals surface area contributed by atoms with Gasteiger partial charge in [-0.2, -0.15) is 0 Å². The van der Waals surface area contributed by atoms with E-state index in [9.17, 15) is 9.59 Å². The van der Waals surface area contributed by atoms with Crippen LogP contribution in [0.25, 0.3) is 0 Å². The molecule has 5 heteroatoms. The van der Waals surface area contributed by atoms with Crippen LogP contribution in [-0.4, -0.2) is 30.7 Å². The topological polar surface area (TPSA) is 78.4 Å². The van der Waals surface area contributed by atoms with Crippen LogP contribution in [0.4, 0.5) is 4.79 Å². The van der Waals surface area contributed by atoms with Gasteiger partial charge in [0, 0.05) is 20.0 Å². The first kappa shape index (κ1) is 14.7. The van der Waals surface area contributed by atoms with E-state index in [1.807, 2.05) is 0 Å². The second kappa shape index (κ2) is 9.00. The number of hydrogen-bond donors (Lipinski definition) is 3. The molecule has 0 aliphatic carbocycles. The molecule has 0 bridgehead atoms. The van der Waals surface area contributed by atoms with Crippen LogP contribution in [0.15, 0.2) is 0 Å². The van der Waals surface area contributed by atoms with Gasteiger partial charge in [0.2, 0.25) is 0 Å². The number of aliphatic carboxylic acids is 1. The zero-order valence-corrected chi connectivity index (χ0v) is 10.1.